The van der Waals surface area contributed by atoms with Crippen LogP contribution in [0.4, 0.5) is 0 Å². The first-order chi connectivity index (χ1) is 16.1. The molecule has 5 nitrogen and oxygen atoms in total. The molecule has 5 heteroatoms. The van der Waals surface area contributed by atoms with Gasteiger partial charge in [0.05, 0.1) is 11.3 Å². The first kappa shape index (κ1) is 25.4. The topological polar surface area (TPSA) is 61.2 Å². The fourth-order valence-electron chi connectivity index (χ4n) is 4.04. The number of carbonyl (C=O) groups excluding carboxylic acids is 2. The van der Waals surface area contributed by atoms with Gasteiger partial charge in [-0.1, -0.05) is 55.8 Å². The molecule has 0 aliphatic heterocycles. The molecular formula is C29H36N2O3. The maximum atomic E-state index is 12.7. The number of unbranched alkanes of at least 4 members (excludes halogenated alkanes) is 1. The number of aldehydes is 1. The predicted molar refractivity (Wildman–Crippen MR) is 136 cm³/mol. The van der Waals surface area contributed by atoms with Crippen LogP contribution in [0.5, 0.6) is 0 Å². The van der Waals surface area contributed by atoms with Crippen molar-refractivity contribution in [3.8, 4) is 11.1 Å². The zero-order valence-electron chi connectivity index (χ0n) is 21.2. The highest BCUT2D eigenvalue weighted by Crippen LogP contribution is 2.28. The summed E-state index contributed by atoms with van der Waals surface area (Å²) < 4.78 is 7.45. The Morgan fingerprint density at radius 1 is 1.09 bits per heavy atom. The van der Waals surface area contributed by atoms with Crippen LogP contribution in [0.1, 0.15) is 98.1 Å². The van der Waals surface area contributed by atoms with E-state index < -0.39 is 5.60 Å². The summed E-state index contributed by atoms with van der Waals surface area (Å²) in [5.74, 6) is -0.329. The number of hydrogen-bond donors (Lipinski definition) is 0. The molecule has 0 saturated heterocycles. The van der Waals surface area contributed by atoms with Crippen molar-refractivity contribution in [1.29, 1.82) is 0 Å². The summed E-state index contributed by atoms with van der Waals surface area (Å²) in [6.07, 6.45) is 4.57. The molecule has 34 heavy (non-hydrogen) atoms. The number of nitrogens with zero attached hydrogens (tertiary/aromatic N) is 2. The minimum atomic E-state index is -0.555. The Morgan fingerprint density at radius 2 is 1.76 bits per heavy atom. The van der Waals surface area contributed by atoms with Crippen LogP contribution in [0.2, 0.25) is 0 Å². The number of esters is 1. The molecule has 0 bridgehead atoms. The molecule has 0 fully saturated rings. The zero-order valence-corrected chi connectivity index (χ0v) is 21.2. The van der Waals surface area contributed by atoms with E-state index in [0.29, 0.717) is 17.7 Å². The lowest BCUT2D eigenvalue weighted by Gasteiger charge is -2.20. The molecule has 2 aromatic carbocycles. The first-order valence-corrected chi connectivity index (χ1v) is 12.1. The minimum absolute atomic E-state index is 0.126. The Bertz CT molecular complexity index is 1140. The highest BCUT2D eigenvalue weighted by Gasteiger charge is 2.21. The summed E-state index contributed by atoms with van der Waals surface area (Å²) in [5.41, 5.74) is 5.57. The molecule has 0 saturated carbocycles. The van der Waals surface area contributed by atoms with Gasteiger partial charge in [-0.05, 0) is 70.2 Å². The van der Waals surface area contributed by atoms with E-state index in [0.717, 1.165) is 53.5 Å². The van der Waals surface area contributed by atoms with Crippen molar-refractivity contribution >= 4 is 12.3 Å². The molecule has 180 valence electrons. The quantitative estimate of drug-likeness (QED) is 0.259. The minimum Gasteiger partial charge on any atom is -0.456 e. The molecule has 0 N–H and O–H groups in total. The fourth-order valence-corrected chi connectivity index (χ4v) is 4.04. The van der Waals surface area contributed by atoms with Crippen LogP contribution < -0.4 is 0 Å². The number of hydrogen-bond acceptors (Lipinski definition) is 4. The van der Waals surface area contributed by atoms with Gasteiger partial charge in [-0.3, -0.25) is 9.48 Å². The second kappa shape index (κ2) is 10.8. The van der Waals surface area contributed by atoms with E-state index in [2.05, 4.69) is 19.1 Å². The smallest absolute Gasteiger partial charge is 0.339 e. The normalized spacial score (nSPS) is 11.6. The van der Waals surface area contributed by atoms with Gasteiger partial charge in [0.25, 0.3) is 0 Å². The molecule has 0 amide bonds. The number of aryl methyl sites for hydroxylation is 1. The molecule has 3 aromatic rings. The number of ether oxygens (including phenoxy) is 1. The van der Waals surface area contributed by atoms with Gasteiger partial charge in [-0.25, -0.2) is 4.79 Å². The summed E-state index contributed by atoms with van der Waals surface area (Å²) in [4.78, 5) is 24.7. The molecule has 0 aliphatic rings. The summed E-state index contributed by atoms with van der Waals surface area (Å²) >= 11 is 0. The number of aromatic nitrogens is 2. The van der Waals surface area contributed by atoms with E-state index in [-0.39, 0.29) is 12.0 Å². The van der Waals surface area contributed by atoms with E-state index in [1.54, 1.807) is 6.07 Å². The lowest BCUT2D eigenvalue weighted by molar-refractivity contribution is 0.00703. The summed E-state index contributed by atoms with van der Waals surface area (Å²) in [6, 6.07) is 15.8. The molecule has 1 aromatic heterocycles. The highest BCUT2D eigenvalue weighted by molar-refractivity contribution is 5.97. The highest BCUT2D eigenvalue weighted by atomic mass is 16.6. The SMILES string of the molecule is CCCCc1nn(C(C)C)c(C=O)c1Cc1ccc(-c2ccccc2C(=O)OC(C)(C)C)cc1. The van der Waals surface area contributed by atoms with Gasteiger partial charge in [0.15, 0.2) is 6.29 Å². The summed E-state index contributed by atoms with van der Waals surface area (Å²) in [6.45, 7) is 11.9. The molecule has 0 atom stereocenters. The third kappa shape index (κ3) is 6.02. The van der Waals surface area contributed by atoms with Gasteiger partial charge < -0.3 is 4.74 Å². The standard InChI is InChI=1S/C29H36N2O3/c1-7-8-13-26-25(27(19-32)31(30-26)20(2)3)18-21-14-16-22(17-15-21)23-11-9-10-12-24(23)28(33)34-29(4,5)6/h9-12,14-17,19-20H,7-8,13,18H2,1-6H3. The van der Waals surface area contributed by atoms with Crippen molar-refractivity contribution in [3.63, 3.8) is 0 Å². The molecule has 3 rings (SSSR count). The monoisotopic (exact) mass is 460 g/mol. The lowest BCUT2D eigenvalue weighted by atomic mass is 9.96. The third-order valence-electron chi connectivity index (χ3n) is 5.69. The molecule has 0 spiro atoms. The van der Waals surface area contributed by atoms with Gasteiger partial charge in [-0.15, -0.1) is 0 Å². The van der Waals surface area contributed by atoms with Crippen molar-refractivity contribution in [2.45, 2.75) is 78.9 Å². The van der Waals surface area contributed by atoms with Crippen LogP contribution in [-0.2, 0) is 17.6 Å². The van der Waals surface area contributed by atoms with E-state index in [1.165, 1.54) is 0 Å². The van der Waals surface area contributed by atoms with E-state index in [4.69, 9.17) is 9.84 Å². The molecular weight excluding hydrogens is 424 g/mol. The Balaban J connectivity index is 1.91. The average molecular weight is 461 g/mol. The largest absolute Gasteiger partial charge is 0.456 e. The molecule has 0 aliphatic carbocycles. The predicted octanol–water partition coefficient (Wildman–Crippen LogP) is 6.83. The number of rotatable bonds is 9. The van der Waals surface area contributed by atoms with E-state index in [1.807, 2.05) is 69.6 Å². The van der Waals surface area contributed by atoms with Crippen LogP contribution in [0.15, 0.2) is 48.5 Å². The van der Waals surface area contributed by atoms with Crippen molar-refractivity contribution < 1.29 is 14.3 Å². The fraction of sp³-hybridized carbons (Fsp3) is 0.414. The van der Waals surface area contributed by atoms with Crippen LogP contribution >= 0.6 is 0 Å². The second-order valence-corrected chi connectivity index (χ2v) is 9.99. The first-order valence-electron chi connectivity index (χ1n) is 12.1. The van der Waals surface area contributed by atoms with Crippen molar-refractivity contribution in [2.24, 2.45) is 0 Å². The van der Waals surface area contributed by atoms with E-state index in [9.17, 15) is 9.59 Å². The van der Waals surface area contributed by atoms with Crippen LogP contribution in [0.25, 0.3) is 11.1 Å². The second-order valence-electron chi connectivity index (χ2n) is 9.99. The van der Waals surface area contributed by atoms with Gasteiger partial charge >= 0.3 is 5.97 Å². The maximum Gasteiger partial charge on any atom is 0.339 e. The zero-order chi connectivity index (χ0) is 24.9. The van der Waals surface area contributed by atoms with E-state index >= 15 is 0 Å². The Hall–Kier alpha value is -3.21. The third-order valence-corrected chi connectivity index (χ3v) is 5.69. The maximum absolute atomic E-state index is 12.7. The summed E-state index contributed by atoms with van der Waals surface area (Å²) in [7, 11) is 0. The summed E-state index contributed by atoms with van der Waals surface area (Å²) in [5, 5.41) is 4.77. The van der Waals surface area contributed by atoms with Crippen LogP contribution in [0.3, 0.4) is 0 Å². The van der Waals surface area contributed by atoms with Crippen LogP contribution in [-0.4, -0.2) is 27.6 Å². The Labute approximate surface area is 203 Å². The molecule has 0 unspecified atom stereocenters. The number of carbonyl (C=O) groups is 2. The van der Waals surface area contributed by atoms with Crippen molar-refractivity contribution in [2.75, 3.05) is 0 Å². The Morgan fingerprint density at radius 3 is 2.35 bits per heavy atom. The van der Waals surface area contributed by atoms with Gasteiger partial charge in [0.1, 0.15) is 11.3 Å². The van der Waals surface area contributed by atoms with Crippen molar-refractivity contribution in [1.82, 2.24) is 9.78 Å². The molecule has 0 radical (unpaired) electrons. The number of benzene rings is 2. The van der Waals surface area contributed by atoms with Gasteiger partial charge in [-0.2, -0.15) is 5.10 Å². The lowest BCUT2D eigenvalue weighted by Crippen LogP contribution is -2.24. The van der Waals surface area contributed by atoms with Gasteiger partial charge in [0, 0.05) is 18.0 Å². The van der Waals surface area contributed by atoms with Crippen molar-refractivity contribution in [3.05, 3.63) is 76.6 Å². The van der Waals surface area contributed by atoms with Gasteiger partial charge in [0.2, 0.25) is 0 Å². The van der Waals surface area contributed by atoms with Crippen LogP contribution in [0, 0.1) is 0 Å². The Kier molecular flexibility index (Phi) is 8.08. The average Bonchev–Trinajstić information content (AvgIpc) is 3.14. The molecule has 1 heterocycles.